The topological polar surface area (TPSA) is 75.6 Å². The van der Waals surface area contributed by atoms with Crippen LogP contribution >= 0.6 is 0 Å². The lowest BCUT2D eigenvalue weighted by Crippen LogP contribution is -2.29. The summed E-state index contributed by atoms with van der Waals surface area (Å²) in [6, 6.07) is 7.94. The summed E-state index contributed by atoms with van der Waals surface area (Å²) in [5, 5.41) is 11.9. The van der Waals surface area contributed by atoms with Gasteiger partial charge in [-0.1, -0.05) is 24.3 Å². The van der Waals surface area contributed by atoms with Gasteiger partial charge in [-0.25, -0.2) is 0 Å². The minimum absolute atomic E-state index is 0.0397. The molecule has 0 radical (unpaired) electrons. The fourth-order valence-corrected chi connectivity index (χ4v) is 2.75. The van der Waals surface area contributed by atoms with E-state index in [0.29, 0.717) is 39.0 Å². The number of benzene rings is 1. The van der Waals surface area contributed by atoms with Gasteiger partial charge < -0.3 is 15.2 Å². The van der Waals surface area contributed by atoms with Crippen molar-refractivity contribution in [3.05, 3.63) is 35.4 Å². The van der Waals surface area contributed by atoms with E-state index >= 15 is 0 Å². The highest BCUT2D eigenvalue weighted by atomic mass is 16.5. The fraction of sp³-hybridized carbons (Fsp3) is 0.529. The van der Waals surface area contributed by atoms with Gasteiger partial charge in [0.05, 0.1) is 12.5 Å². The van der Waals surface area contributed by atoms with E-state index in [1.54, 1.807) is 0 Å². The van der Waals surface area contributed by atoms with Crippen LogP contribution in [0, 0.1) is 11.8 Å². The van der Waals surface area contributed by atoms with Crippen molar-refractivity contribution in [2.24, 2.45) is 11.8 Å². The second kappa shape index (κ2) is 7.94. The fourth-order valence-electron chi connectivity index (χ4n) is 2.75. The number of hydrogen-bond donors (Lipinski definition) is 2. The monoisotopic (exact) mass is 305 g/mol. The number of amides is 1. The van der Waals surface area contributed by atoms with Crippen molar-refractivity contribution in [3.8, 4) is 0 Å². The van der Waals surface area contributed by atoms with Gasteiger partial charge in [0.25, 0.3) is 0 Å². The molecule has 22 heavy (non-hydrogen) atoms. The van der Waals surface area contributed by atoms with Crippen molar-refractivity contribution in [1.82, 2.24) is 5.32 Å². The SMILES string of the molecule is CCOCc1ccc(CNC(=O)[C@@H]2CC[C@H](C(=O)O)C2)cc1. The molecule has 1 amide bonds. The molecule has 1 aliphatic carbocycles. The van der Waals surface area contributed by atoms with Crippen molar-refractivity contribution in [1.29, 1.82) is 0 Å². The molecule has 0 aliphatic heterocycles. The van der Waals surface area contributed by atoms with Crippen LogP contribution in [0.4, 0.5) is 0 Å². The summed E-state index contributed by atoms with van der Waals surface area (Å²) in [6.07, 6.45) is 1.71. The number of rotatable bonds is 7. The van der Waals surface area contributed by atoms with E-state index in [-0.39, 0.29) is 17.7 Å². The number of ether oxygens (including phenoxy) is 1. The van der Waals surface area contributed by atoms with Crippen LogP contribution in [0.2, 0.25) is 0 Å². The van der Waals surface area contributed by atoms with Crippen LogP contribution < -0.4 is 5.32 Å². The molecule has 1 aliphatic rings. The van der Waals surface area contributed by atoms with Gasteiger partial charge in [-0.3, -0.25) is 9.59 Å². The van der Waals surface area contributed by atoms with Crippen molar-refractivity contribution < 1.29 is 19.4 Å². The average Bonchev–Trinajstić information content (AvgIpc) is 3.02. The molecule has 0 aromatic heterocycles. The maximum atomic E-state index is 12.1. The molecular formula is C17H23NO4. The van der Waals surface area contributed by atoms with Gasteiger partial charge in [-0.05, 0) is 37.3 Å². The number of carboxylic acid groups (broad SMARTS) is 1. The molecule has 0 heterocycles. The predicted molar refractivity (Wildman–Crippen MR) is 82.1 cm³/mol. The van der Waals surface area contributed by atoms with Crippen LogP contribution in [0.1, 0.15) is 37.3 Å². The molecule has 1 fully saturated rings. The number of aliphatic carboxylic acids is 1. The molecule has 5 nitrogen and oxygen atoms in total. The molecule has 120 valence electrons. The first-order chi connectivity index (χ1) is 10.6. The highest BCUT2D eigenvalue weighted by Crippen LogP contribution is 2.31. The Balaban J connectivity index is 1.78. The lowest BCUT2D eigenvalue weighted by atomic mass is 10.0. The standard InChI is InChI=1S/C17H23NO4/c1-2-22-11-13-5-3-12(4-6-13)10-18-16(19)14-7-8-15(9-14)17(20)21/h3-6,14-15H,2,7-11H2,1H3,(H,18,19)(H,20,21)/t14-,15+/m1/s1. The predicted octanol–water partition coefficient (Wildman–Crippen LogP) is 2.34. The van der Waals surface area contributed by atoms with Crippen LogP contribution in [-0.4, -0.2) is 23.6 Å². The zero-order valence-electron chi connectivity index (χ0n) is 12.9. The van der Waals surface area contributed by atoms with Crippen LogP contribution in [-0.2, 0) is 27.5 Å². The number of hydrogen-bond acceptors (Lipinski definition) is 3. The van der Waals surface area contributed by atoms with Crippen molar-refractivity contribution >= 4 is 11.9 Å². The molecule has 0 spiro atoms. The van der Waals surface area contributed by atoms with Crippen LogP contribution in [0.15, 0.2) is 24.3 Å². The normalized spacial score (nSPS) is 20.8. The summed E-state index contributed by atoms with van der Waals surface area (Å²) in [7, 11) is 0. The van der Waals surface area contributed by atoms with Gasteiger partial charge in [0.1, 0.15) is 0 Å². The first-order valence-electron chi connectivity index (χ1n) is 7.76. The molecule has 2 atom stereocenters. The molecule has 0 unspecified atom stereocenters. The first-order valence-corrected chi connectivity index (χ1v) is 7.76. The second-order valence-electron chi connectivity index (χ2n) is 5.72. The summed E-state index contributed by atoms with van der Waals surface area (Å²) in [4.78, 5) is 23.0. The molecular weight excluding hydrogens is 282 g/mol. The van der Waals surface area contributed by atoms with E-state index in [0.717, 1.165) is 11.1 Å². The maximum Gasteiger partial charge on any atom is 0.306 e. The summed E-state index contributed by atoms with van der Waals surface area (Å²) in [5.74, 6) is -1.37. The lowest BCUT2D eigenvalue weighted by Gasteiger charge is -2.11. The maximum absolute atomic E-state index is 12.1. The third kappa shape index (κ3) is 4.56. The van der Waals surface area contributed by atoms with Gasteiger partial charge >= 0.3 is 5.97 Å². The third-order valence-corrected chi connectivity index (χ3v) is 4.12. The van der Waals surface area contributed by atoms with E-state index in [1.165, 1.54) is 0 Å². The van der Waals surface area contributed by atoms with E-state index in [1.807, 2.05) is 31.2 Å². The van der Waals surface area contributed by atoms with Gasteiger partial charge in [0.15, 0.2) is 0 Å². The Kier molecular flexibility index (Phi) is 5.95. The van der Waals surface area contributed by atoms with E-state index in [2.05, 4.69) is 5.32 Å². The molecule has 1 aromatic rings. The highest BCUT2D eigenvalue weighted by Gasteiger charge is 2.33. The Hall–Kier alpha value is -1.88. The summed E-state index contributed by atoms with van der Waals surface area (Å²) in [5.41, 5.74) is 2.14. The van der Waals surface area contributed by atoms with Crippen molar-refractivity contribution in [2.75, 3.05) is 6.61 Å². The van der Waals surface area contributed by atoms with Crippen LogP contribution in [0.25, 0.3) is 0 Å². The van der Waals surface area contributed by atoms with Gasteiger partial charge in [0.2, 0.25) is 5.91 Å². The minimum Gasteiger partial charge on any atom is -0.481 e. The Morgan fingerprint density at radius 2 is 1.82 bits per heavy atom. The van der Waals surface area contributed by atoms with Gasteiger partial charge in [0, 0.05) is 19.1 Å². The van der Waals surface area contributed by atoms with E-state index < -0.39 is 5.97 Å². The van der Waals surface area contributed by atoms with Crippen molar-refractivity contribution in [3.63, 3.8) is 0 Å². The zero-order chi connectivity index (χ0) is 15.9. The molecule has 1 aromatic carbocycles. The largest absolute Gasteiger partial charge is 0.481 e. The molecule has 5 heteroatoms. The smallest absolute Gasteiger partial charge is 0.306 e. The Labute approximate surface area is 130 Å². The molecule has 2 rings (SSSR count). The average molecular weight is 305 g/mol. The van der Waals surface area contributed by atoms with Gasteiger partial charge in [-0.15, -0.1) is 0 Å². The summed E-state index contributed by atoms with van der Waals surface area (Å²) < 4.78 is 5.34. The molecule has 0 bridgehead atoms. The number of carbonyl (C=O) groups is 2. The minimum atomic E-state index is -0.791. The highest BCUT2D eigenvalue weighted by molar-refractivity contribution is 5.80. The molecule has 1 saturated carbocycles. The second-order valence-corrected chi connectivity index (χ2v) is 5.72. The van der Waals surface area contributed by atoms with Gasteiger partial charge in [-0.2, -0.15) is 0 Å². The number of carbonyl (C=O) groups excluding carboxylic acids is 1. The Morgan fingerprint density at radius 3 is 2.41 bits per heavy atom. The summed E-state index contributed by atoms with van der Waals surface area (Å²) >= 11 is 0. The van der Waals surface area contributed by atoms with Crippen LogP contribution in [0.3, 0.4) is 0 Å². The number of carboxylic acids is 1. The van der Waals surface area contributed by atoms with E-state index in [4.69, 9.17) is 9.84 Å². The zero-order valence-corrected chi connectivity index (χ0v) is 12.9. The van der Waals surface area contributed by atoms with Crippen LogP contribution in [0.5, 0.6) is 0 Å². The number of nitrogens with one attached hydrogen (secondary N) is 1. The van der Waals surface area contributed by atoms with E-state index in [9.17, 15) is 9.59 Å². The van der Waals surface area contributed by atoms with Crippen molar-refractivity contribution in [2.45, 2.75) is 39.3 Å². The quantitative estimate of drug-likeness (QED) is 0.811. The first kappa shape index (κ1) is 16.5. The Bertz CT molecular complexity index is 512. The lowest BCUT2D eigenvalue weighted by molar-refractivity contribution is -0.141. The molecule has 0 saturated heterocycles. The summed E-state index contributed by atoms with van der Waals surface area (Å²) in [6.45, 7) is 3.72. The molecule has 2 N–H and O–H groups in total. The Morgan fingerprint density at radius 1 is 1.18 bits per heavy atom. The third-order valence-electron chi connectivity index (χ3n) is 4.12.